The minimum atomic E-state index is -4.57. The molecule has 1 heterocycles. The second-order valence-corrected chi connectivity index (χ2v) is 6.91. The van der Waals surface area contributed by atoms with Crippen LogP contribution in [0.4, 0.5) is 46.8 Å². The summed E-state index contributed by atoms with van der Waals surface area (Å²) in [6, 6.07) is 12.5. The van der Waals surface area contributed by atoms with Crippen molar-refractivity contribution in [1.82, 2.24) is 9.97 Å². The van der Waals surface area contributed by atoms with Crippen LogP contribution in [0.1, 0.15) is 11.3 Å². The Kier molecular flexibility index (Phi) is 6.28. The molecule has 1 aromatic heterocycles. The van der Waals surface area contributed by atoms with Gasteiger partial charge in [0.1, 0.15) is 5.82 Å². The molecule has 2 aromatic carbocycles. The van der Waals surface area contributed by atoms with Crippen molar-refractivity contribution in [3.8, 4) is 0 Å². The molecule has 0 saturated carbocycles. The Bertz CT molecular complexity index is 1070. The molecule has 0 bridgehead atoms. The Balaban J connectivity index is 1.66. The summed E-state index contributed by atoms with van der Waals surface area (Å²) in [4.78, 5) is 22.8. The standard InChI is InChI=1S/C21H21F3N6O/c1-13-12-18(30(2)3)29-19(25-13)26-14-8-10-15(11-9-14)27-20(31)28-17-7-5-4-6-16(17)21(22,23)24/h4-12H,1-3H3,(H,25,26,29)(H2,27,28,31). The van der Waals surface area contributed by atoms with Gasteiger partial charge in [0.05, 0.1) is 11.3 Å². The fourth-order valence-corrected chi connectivity index (χ4v) is 2.73. The molecule has 0 radical (unpaired) electrons. The van der Waals surface area contributed by atoms with Crippen LogP contribution in [0, 0.1) is 6.92 Å². The lowest BCUT2D eigenvalue weighted by Gasteiger charge is -2.15. The minimum Gasteiger partial charge on any atom is -0.363 e. The number of nitrogens with zero attached hydrogens (tertiary/aromatic N) is 3. The molecule has 3 aromatic rings. The van der Waals surface area contributed by atoms with Crippen LogP contribution in [0.3, 0.4) is 0 Å². The van der Waals surface area contributed by atoms with Gasteiger partial charge in [-0.15, -0.1) is 0 Å². The maximum Gasteiger partial charge on any atom is 0.418 e. The van der Waals surface area contributed by atoms with Crippen LogP contribution in [0.5, 0.6) is 0 Å². The molecule has 0 spiro atoms. The number of urea groups is 1. The molecule has 0 aliphatic heterocycles. The van der Waals surface area contributed by atoms with Crippen molar-refractivity contribution in [2.45, 2.75) is 13.1 Å². The minimum absolute atomic E-state index is 0.320. The number of hydrogen-bond donors (Lipinski definition) is 3. The highest BCUT2D eigenvalue weighted by Gasteiger charge is 2.33. The highest BCUT2D eigenvalue weighted by molar-refractivity contribution is 6.00. The van der Waals surface area contributed by atoms with E-state index >= 15 is 0 Å². The molecule has 31 heavy (non-hydrogen) atoms. The Morgan fingerprint density at radius 1 is 0.935 bits per heavy atom. The van der Waals surface area contributed by atoms with Crippen LogP contribution in [0.15, 0.2) is 54.6 Å². The van der Waals surface area contributed by atoms with Crippen molar-refractivity contribution in [3.05, 3.63) is 65.9 Å². The third-order valence-corrected chi connectivity index (χ3v) is 4.18. The predicted octanol–water partition coefficient (Wildman–Crippen LogP) is 5.26. The lowest BCUT2D eigenvalue weighted by Crippen LogP contribution is -2.21. The van der Waals surface area contributed by atoms with Crippen LogP contribution < -0.4 is 20.9 Å². The number of rotatable bonds is 5. The molecule has 0 aliphatic rings. The van der Waals surface area contributed by atoms with E-state index in [2.05, 4.69) is 25.9 Å². The fraction of sp³-hybridized carbons (Fsp3) is 0.190. The Labute approximate surface area is 177 Å². The normalized spacial score (nSPS) is 11.0. The third-order valence-electron chi connectivity index (χ3n) is 4.18. The van der Waals surface area contributed by atoms with Crippen molar-refractivity contribution < 1.29 is 18.0 Å². The number of anilines is 5. The van der Waals surface area contributed by atoms with Crippen molar-refractivity contribution in [2.75, 3.05) is 34.9 Å². The Morgan fingerprint density at radius 3 is 2.23 bits per heavy atom. The number of carbonyl (C=O) groups is 1. The lowest BCUT2D eigenvalue weighted by atomic mass is 10.1. The van der Waals surface area contributed by atoms with Crippen LogP contribution in [0.2, 0.25) is 0 Å². The molecule has 0 atom stereocenters. The number of hydrogen-bond acceptors (Lipinski definition) is 5. The quantitative estimate of drug-likeness (QED) is 0.515. The molecule has 7 nitrogen and oxygen atoms in total. The van der Waals surface area contributed by atoms with Crippen molar-refractivity contribution in [1.29, 1.82) is 0 Å². The lowest BCUT2D eigenvalue weighted by molar-refractivity contribution is -0.136. The molecule has 2 amide bonds. The Hall–Kier alpha value is -3.82. The summed E-state index contributed by atoms with van der Waals surface area (Å²) in [5.41, 5.74) is 0.657. The third kappa shape index (κ3) is 5.84. The number of aromatic nitrogens is 2. The van der Waals surface area contributed by atoms with E-state index in [0.717, 1.165) is 17.6 Å². The smallest absolute Gasteiger partial charge is 0.363 e. The van der Waals surface area contributed by atoms with Gasteiger partial charge in [-0.2, -0.15) is 18.2 Å². The number of amides is 2. The first-order valence-corrected chi connectivity index (χ1v) is 9.26. The van der Waals surface area contributed by atoms with E-state index in [1.807, 2.05) is 32.0 Å². The van der Waals surface area contributed by atoms with Crippen LogP contribution >= 0.6 is 0 Å². The van der Waals surface area contributed by atoms with E-state index in [-0.39, 0.29) is 5.69 Å². The molecule has 10 heteroatoms. The van der Waals surface area contributed by atoms with Gasteiger partial charge in [-0.3, -0.25) is 0 Å². The first-order chi connectivity index (χ1) is 14.6. The van der Waals surface area contributed by atoms with Crippen LogP contribution in [0.25, 0.3) is 0 Å². The zero-order chi connectivity index (χ0) is 22.6. The van der Waals surface area contributed by atoms with Crippen LogP contribution in [-0.4, -0.2) is 30.1 Å². The molecule has 0 unspecified atom stereocenters. The summed E-state index contributed by atoms with van der Waals surface area (Å²) in [5.74, 6) is 1.18. The van der Waals surface area contributed by atoms with E-state index in [1.165, 1.54) is 18.2 Å². The zero-order valence-electron chi connectivity index (χ0n) is 17.1. The van der Waals surface area contributed by atoms with Crippen molar-refractivity contribution >= 4 is 34.9 Å². The molecule has 0 saturated heterocycles. The van der Waals surface area contributed by atoms with E-state index in [0.29, 0.717) is 17.3 Å². The number of benzene rings is 2. The van der Waals surface area contributed by atoms with Crippen LogP contribution in [-0.2, 0) is 6.18 Å². The average Bonchev–Trinajstić information content (AvgIpc) is 2.68. The van der Waals surface area contributed by atoms with Gasteiger partial charge in [0.2, 0.25) is 5.95 Å². The van der Waals surface area contributed by atoms with Gasteiger partial charge in [-0.25, -0.2) is 9.78 Å². The highest BCUT2D eigenvalue weighted by Crippen LogP contribution is 2.34. The van der Waals surface area contributed by atoms with Gasteiger partial charge >= 0.3 is 12.2 Å². The summed E-state index contributed by atoms with van der Waals surface area (Å²) < 4.78 is 39.2. The molecule has 0 fully saturated rings. The molecule has 3 rings (SSSR count). The van der Waals surface area contributed by atoms with E-state index in [1.54, 1.807) is 24.3 Å². The van der Waals surface area contributed by atoms with Gasteiger partial charge in [0.25, 0.3) is 0 Å². The number of alkyl halides is 3. The largest absolute Gasteiger partial charge is 0.418 e. The molecule has 162 valence electrons. The van der Waals surface area contributed by atoms with Gasteiger partial charge in [0, 0.05) is 37.2 Å². The molecule has 0 aliphatic carbocycles. The monoisotopic (exact) mass is 430 g/mol. The zero-order valence-corrected chi connectivity index (χ0v) is 17.1. The fourth-order valence-electron chi connectivity index (χ4n) is 2.73. The average molecular weight is 430 g/mol. The van der Waals surface area contributed by atoms with Gasteiger partial charge < -0.3 is 20.9 Å². The summed E-state index contributed by atoms with van der Waals surface area (Å²) in [5, 5.41) is 7.83. The first kappa shape index (κ1) is 21.9. The Morgan fingerprint density at radius 2 is 1.58 bits per heavy atom. The number of aryl methyl sites for hydroxylation is 1. The van der Waals surface area contributed by atoms with E-state index < -0.39 is 17.8 Å². The topological polar surface area (TPSA) is 82.2 Å². The summed E-state index contributed by atoms with van der Waals surface area (Å²) in [6.45, 7) is 1.86. The maximum absolute atomic E-state index is 13.1. The molecular formula is C21H21F3N6O. The maximum atomic E-state index is 13.1. The number of carbonyl (C=O) groups excluding carboxylic acids is 1. The first-order valence-electron chi connectivity index (χ1n) is 9.26. The van der Waals surface area contributed by atoms with Gasteiger partial charge in [-0.05, 0) is 43.3 Å². The van der Waals surface area contributed by atoms with E-state index in [9.17, 15) is 18.0 Å². The summed E-state index contributed by atoms with van der Waals surface area (Å²) in [7, 11) is 3.76. The second kappa shape index (κ2) is 8.90. The van der Waals surface area contributed by atoms with Gasteiger partial charge in [0.15, 0.2) is 0 Å². The highest BCUT2D eigenvalue weighted by atomic mass is 19.4. The number of para-hydroxylation sites is 1. The molecule has 3 N–H and O–H groups in total. The van der Waals surface area contributed by atoms with E-state index in [4.69, 9.17) is 0 Å². The van der Waals surface area contributed by atoms with Crippen molar-refractivity contribution in [2.24, 2.45) is 0 Å². The molecular weight excluding hydrogens is 409 g/mol. The number of halogens is 3. The van der Waals surface area contributed by atoms with Gasteiger partial charge in [-0.1, -0.05) is 12.1 Å². The summed E-state index contributed by atoms with van der Waals surface area (Å²) in [6.07, 6.45) is -4.57. The predicted molar refractivity (Wildman–Crippen MR) is 115 cm³/mol. The number of nitrogens with one attached hydrogen (secondary N) is 3. The SMILES string of the molecule is Cc1cc(N(C)C)nc(Nc2ccc(NC(=O)Nc3ccccc3C(F)(F)F)cc2)n1. The second-order valence-electron chi connectivity index (χ2n) is 6.91. The summed E-state index contributed by atoms with van der Waals surface area (Å²) >= 11 is 0. The van der Waals surface area contributed by atoms with Crippen molar-refractivity contribution in [3.63, 3.8) is 0 Å².